The van der Waals surface area contributed by atoms with E-state index >= 15 is 0 Å². The summed E-state index contributed by atoms with van der Waals surface area (Å²) in [7, 11) is 0. The van der Waals surface area contributed by atoms with Gasteiger partial charge in [0.25, 0.3) is 0 Å². The lowest BCUT2D eigenvalue weighted by molar-refractivity contribution is -0.146. The molecule has 4 rings (SSSR count). The van der Waals surface area contributed by atoms with Gasteiger partial charge in [0.1, 0.15) is 12.4 Å². The van der Waals surface area contributed by atoms with Gasteiger partial charge in [0, 0.05) is 18.5 Å². The van der Waals surface area contributed by atoms with Crippen molar-refractivity contribution in [2.24, 2.45) is 5.92 Å². The maximum atomic E-state index is 13.1. The van der Waals surface area contributed by atoms with Gasteiger partial charge in [-0.3, -0.25) is 4.98 Å². The number of pyridine rings is 2. The number of alkyl halides is 3. The lowest BCUT2D eigenvalue weighted by atomic mass is 10.0. The summed E-state index contributed by atoms with van der Waals surface area (Å²) in [6.07, 6.45) is -2.58. The molecule has 0 radical (unpaired) electrons. The Kier molecular flexibility index (Phi) is 7.49. The lowest BCUT2D eigenvalue weighted by Crippen LogP contribution is -2.17. The molecule has 9 heteroatoms. The van der Waals surface area contributed by atoms with E-state index in [1.54, 1.807) is 18.3 Å². The van der Waals surface area contributed by atoms with Gasteiger partial charge in [-0.15, -0.1) is 0 Å². The normalized spacial score (nSPS) is 12.8. The van der Waals surface area contributed by atoms with Gasteiger partial charge in [0.05, 0.1) is 22.7 Å². The molecule has 0 aliphatic carbocycles. The Morgan fingerprint density at radius 2 is 1.69 bits per heavy atom. The Bertz CT molecular complexity index is 1340. The molecule has 4 aromatic rings. The Balaban J connectivity index is 1.70. The van der Waals surface area contributed by atoms with Gasteiger partial charge in [0.15, 0.2) is 11.5 Å². The van der Waals surface area contributed by atoms with Gasteiger partial charge in [0.2, 0.25) is 0 Å². The van der Waals surface area contributed by atoms with Crippen LogP contribution in [0.5, 0.6) is 0 Å². The van der Waals surface area contributed by atoms with Crippen LogP contribution in [0.25, 0.3) is 22.4 Å². The Morgan fingerprint density at radius 3 is 2.36 bits per heavy atom. The molecule has 0 bridgehead atoms. The van der Waals surface area contributed by atoms with Crippen molar-refractivity contribution in [1.82, 2.24) is 19.9 Å². The number of aromatic nitrogens is 4. The number of hydrogen-bond donors (Lipinski definition) is 1. The summed E-state index contributed by atoms with van der Waals surface area (Å²) in [5, 5.41) is 3.89. The van der Waals surface area contributed by atoms with E-state index in [1.807, 2.05) is 31.2 Å². The van der Waals surface area contributed by atoms with E-state index in [-0.39, 0.29) is 12.2 Å². The number of anilines is 2. The first-order valence-electron chi connectivity index (χ1n) is 11.7. The van der Waals surface area contributed by atoms with E-state index in [2.05, 4.69) is 34.1 Å². The van der Waals surface area contributed by atoms with Crippen molar-refractivity contribution in [2.45, 2.75) is 46.4 Å². The van der Waals surface area contributed by atoms with Crippen LogP contribution in [0.4, 0.5) is 24.7 Å². The van der Waals surface area contributed by atoms with E-state index in [0.717, 1.165) is 18.2 Å². The third-order valence-corrected chi connectivity index (χ3v) is 5.70. The van der Waals surface area contributed by atoms with Crippen LogP contribution < -0.4 is 5.32 Å². The zero-order valence-electron chi connectivity index (χ0n) is 20.6. The van der Waals surface area contributed by atoms with Crippen molar-refractivity contribution < 1.29 is 17.9 Å². The van der Waals surface area contributed by atoms with Gasteiger partial charge in [-0.25, -0.2) is 15.0 Å². The molecule has 0 fully saturated rings. The molecule has 1 atom stereocenters. The summed E-state index contributed by atoms with van der Waals surface area (Å²) in [5.74, 6) is -0.238. The van der Waals surface area contributed by atoms with Crippen molar-refractivity contribution in [3.8, 4) is 11.4 Å². The minimum Gasteiger partial charge on any atom is -0.373 e. The summed E-state index contributed by atoms with van der Waals surface area (Å²) in [6.45, 7) is 8.00. The van der Waals surface area contributed by atoms with E-state index < -0.39 is 12.1 Å². The molecular formula is C27H28F3N5O. The standard InChI is InChI=1S/C27H28F3N5O/c1-16(2)14-36-15-23-34-25(32-20-9-7-19(8-10-20)18(4)27(28,29)30)21-11-12-22(33-26(21)35-23)24-17(3)6-5-13-31-24/h5-13,16,18H,14-15H2,1-4H3,(H,32,33,34,35). The molecule has 6 nitrogen and oxygen atoms in total. The number of aryl methyl sites for hydroxylation is 1. The van der Waals surface area contributed by atoms with E-state index in [9.17, 15) is 13.2 Å². The van der Waals surface area contributed by atoms with E-state index in [1.165, 1.54) is 12.1 Å². The first-order valence-corrected chi connectivity index (χ1v) is 11.7. The Morgan fingerprint density at radius 1 is 0.944 bits per heavy atom. The molecule has 0 saturated heterocycles. The minimum atomic E-state index is -4.29. The number of nitrogens with one attached hydrogen (secondary N) is 1. The summed E-state index contributed by atoms with van der Waals surface area (Å²) in [5.41, 5.74) is 3.71. The molecule has 1 unspecified atom stereocenters. The second-order valence-electron chi connectivity index (χ2n) is 9.14. The highest BCUT2D eigenvalue weighted by Gasteiger charge is 2.36. The van der Waals surface area contributed by atoms with Crippen LogP contribution in [-0.4, -0.2) is 32.7 Å². The topological polar surface area (TPSA) is 72.8 Å². The molecule has 0 amide bonds. The van der Waals surface area contributed by atoms with Crippen molar-refractivity contribution in [3.63, 3.8) is 0 Å². The van der Waals surface area contributed by atoms with Crippen LogP contribution in [0.3, 0.4) is 0 Å². The van der Waals surface area contributed by atoms with E-state index in [4.69, 9.17) is 9.72 Å². The molecule has 3 heterocycles. The van der Waals surface area contributed by atoms with Crippen LogP contribution in [0.15, 0.2) is 54.7 Å². The molecule has 0 saturated carbocycles. The minimum absolute atomic E-state index is 0.195. The number of nitrogens with zero attached hydrogens (tertiary/aromatic N) is 4. The monoisotopic (exact) mass is 495 g/mol. The van der Waals surface area contributed by atoms with Gasteiger partial charge < -0.3 is 10.1 Å². The van der Waals surface area contributed by atoms with Crippen LogP contribution in [0.2, 0.25) is 0 Å². The number of halogens is 3. The maximum absolute atomic E-state index is 13.1. The highest BCUT2D eigenvalue weighted by molar-refractivity contribution is 5.90. The van der Waals surface area contributed by atoms with Crippen molar-refractivity contribution in [2.75, 3.05) is 11.9 Å². The third kappa shape index (κ3) is 5.96. The van der Waals surface area contributed by atoms with Gasteiger partial charge in [-0.1, -0.05) is 32.0 Å². The molecule has 0 aliphatic heterocycles. The first kappa shape index (κ1) is 25.5. The predicted molar refractivity (Wildman–Crippen MR) is 134 cm³/mol. The van der Waals surface area contributed by atoms with Crippen LogP contribution in [0.1, 0.15) is 43.6 Å². The average Bonchev–Trinajstić information content (AvgIpc) is 2.83. The average molecular weight is 496 g/mol. The van der Waals surface area contributed by atoms with Crippen molar-refractivity contribution >= 4 is 22.5 Å². The molecule has 188 valence electrons. The quantitative estimate of drug-likeness (QED) is 0.284. The fourth-order valence-corrected chi connectivity index (χ4v) is 3.67. The van der Waals surface area contributed by atoms with Gasteiger partial charge >= 0.3 is 6.18 Å². The zero-order chi connectivity index (χ0) is 25.9. The highest BCUT2D eigenvalue weighted by Crippen LogP contribution is 2.35. The summed E-state index contributed by atoms with van der Waals surface area (Å²) in [6, 6.07) is 13.7. The fraction of sp³-hybridized carbons (Fsp3) is 0.333. The van der Waals surface area contributed by atoms with Gasteiger partial charge in [-0.2, -0.15) is 13.2 Å². The van der Waals surface area contributed by atoms with Crippen LogP contribution in [-0.2, 0) is 11.3 Å². The second kappa shape index (κ2) is 10.6. The molecule has 0 spiro atoms. The van der Waals surface area contributed by atoms with E-state index in [0.29, 0.717) is 46.6 Å². The summed E-state index contributed by atoms with van der Waals surface area (Å²) < 4.78 is 45.0. The predicted octanol–water partition coefficient (Wildman–Crippen LogP) is 6.98. The number of ether oxygens (including phenoxy) is 1. The smallest absolute Gasteiger partial charge is 0.373 e. The molecule has 1 N–H and O–H groups in total. The first-order chi connectivity index (χ1) is 17.1. The van der Waals surface area contributed by atoms with Crippen LogP contribution >= 0.6 is 0 Å². The zero-order valence-corrected chi connectivity index (χ0v) is 20.6. The number of hydrogen-bond acceptors (Lipinski definition) is 6. The molecule has 0 aliphatic rings. The second-order valence-corrected chi connectivity index (χ2v) is 9.14. The van der Waals surface area contributed by atoms with Crippen molar-refractivity contribution in [1.29, 1.82) is 0 Å². The molecular weight excluding hydrogens is 467 g/mol. The van der Waals surface area contributed by atoms with Crippen LogP contribution in [0, 0.1) is 12.8 Å². The number of fused-ring (bicyclic) bond motifs is 1. The fourth-order valence-electron chi connectivity index (χ4n) is 3.67. The highest BCUT2D eigenvalue weighted by atomic mass is 19.4. The number of rotatable bonds is 8. The van der Waals surface area contributed by atoms with Gasteiger partial charge in [-0.05, 0) is 61.2 Å². The largest absolute Gasteiger partial charge is 0.395 e. The SMILES string of the molecule is Cc1cccnc1-c1ccc2c(Nc3ccc(C(C)C(F)(F)F)cc3)nc(COCC(C)C)nc2n1. The molecule has 1 aromatic carbocycles. The maximum Gasteiger partial charge on any atom is 0.395 e. The Labute approximate surface area is 208 Å². The summed E-state index contributed by atoms with van der Waals surface area (Å²) >= 11 is 0. The lowest BCUT2D eigenvalue weighted by Gasteiger charge is -2.17. The molecule has 36 heavy (non-hydrogen) atoms. The Hall–Kier alpha value is -3.59. The molecule has 3 aromatic heterocycles. The third-order valence-electron chi connectivity index (χ3n) is 5.70. The van der Waals surface area contributed by atoms with Crippen molar-refractivity contribution in [3.05, 3.63) is 71.7 Å². The number of benzene rings is 1. The summed E-state index contributed by atoms with van der Waals surface area (Å²) in [4.78, 5) is 18.4.